The van der Waals surface area contributed by atoms with Gasteiger partial charge in [0.1, 0.15) is 5.69 Å². The topological polar surface area (TPSA) is 62.2 Å². The number of nitrogens with one attached hydrogen (secondary N) is 1. The molecule has 1 fully saturated rings. The van der Waals surface area contributed by atoms with Crippen molar-refractivity contribution in [2.24, 2.45) is 5.92 Å². The molecule has 1 aromatic rings. The molecule has 0 bridgehead atoms. The van der Waals surface area contributed by atoms with Crippen molar-refractivity contribution in [2.45, 2.75) is 38.6 Å². The quantitative estimate of drug-likeness (QED) is 0.844. The molecule has 1 heterocycles. The Hall–Kier alpha value is -1.58. The highest BCUT2D eigenvalue weighted by Crippen LogP contribution is 2.25. The molecule has 92 valence electrons. The number of rotatable bonds is 3. The molecule has 0 amide bonds. The first-order valence-electron chi connectivity index (χ1n) is 6.11. The van der Waals surface area contributed by atoms with Gasteiger partial charge in [0, 0.05) is 6.04 Å². The molecule has 2 rings (SSSR count). The van der Waals surface area contributed by atoms with Gasteiger partial charge >= 0.3 is 5.97 Å². The van der Waals surface area contributed by atoms with Crippen LogP contribution in [-0.2, 0) is 0 Å². The number of carboxylic acids is 1. The van der Waals surface area contributed by atoms with Gasteiger partial charge in [-0.3, -0.25) is 0 Å². The number of aromatic carboxylic acids is 1. The fourth-order valence-electron chi connectivity index (χ4n) is 2.25. The lowest BCUT2D eigenvalue weighted by atomic mass is 9.87. The predicted octanol–water partition coefficient (Wildman–Crippen LogP) is 2.77. The smallest absolute Gasteiger partial charge is 0.354 e. The third kappa shape index (κ3) is 3.19. The monoisotopic (exact) mass is 234 g/mol. The summed E-state index contributed by atoms with van der Waals surface area (Å²) in [6, 6.07) is 3.83. The predicted molar refractivity (Wildman–Crippen MR) is 66.2 cm³/mol. The summed E-state index contributed by atoms with van der Waals surface area (Å²) in [7, 11) is 0. The summed E-state index contributed by atoms with van der Waals surface area (Å²) in [5, 5.41) is 12.2. The van der Waals surface area contributed by atoms with Crippen molar-refractivity contribution in [3.05, 3.63) is 24.0 Å². The van der Waals surface area contributed by atoms with Gasteiger partial charge in [0.05, 0.1) is 11.9 Å². The first kappa shape index (κ1) is 11.9. The molecular weight excluding hydrogens is 216 g/mol. The fourth-order valence-corrected chi connectivity index (χ4v) is 2.25. The molecule has 0 unspecified atom stereocenters. The molecule has 4 heteroatoms. The third-order valence-corrected chi connectivity index (χ3v) is 3.37. The van der Waals surface area contributed by atoms with Crippen molar-refractivity contribution in [1.29, 1.82) is 0 Å². The van der Waals surface area contributed by atoms with Gasteiger partial charge in [0.25, 0.3) is 0 Å². The molecule has 1 aromatic heterocycles. The Labute approximate surface area is 101 Å². The lowest BCUT2D eigenvalue weighted by Gasteiger charge is -2.27. The Morgan fingerprint density at radius 2 is 2.06 bits per heavy atom. The number of aromatic nitrogens is 1. The van der Waals surface area contributed by atoms with E-state index < -0.39 is 5.97 Å². The van der Waals surface area contributed by atoms with Crippen LogP contribution in [0, 0.1) is 5.92 Å². The summed E-state index contributed by atoms with van der Waals surface area (Å²) in [5.41, 5.74) is 1.00. The molecule has 1 aliphatic carbocycles. The Kier molecular flexibility index (Phi) is 3.61. The van der Waals surface area contributed by atoms with Gasteiger partial charge in [0.15, 0.2) is 0 Å². The van der Waals surface area contributed by atoms with E-state index in [1.165, 1.54) is 31.7 Å². The molecule has 1 saturated carbocycles. The molecule has 0 aromatic carbocycles. The van der Waals surface area contributed by atoms with Crippen molar-refractivity contribution in [1.82, 2.24) is 4.98 Å². The summed E-state index contributed by atoms with van der Waals surface area (Å²) in [6.07, 6.45) is 6.49. The van der Waals surface area contributed by atoms with Crippen LogP contribution >= 0.6 is 0 Å². The zero-order valence-corrected chi connectivity index (χ0v) is 10.0. The van der Waals surface area contributed by atoms with E-state index in [-0.39, 0.29) is 5.69 Å². The molecule has 0 aliphatic heterocycles. The number of nitrogens with zero attached hydrogens (tertiary/aromatic N) is 1. The van der Waals surface area contributed by atoms with Gasteiger partial charge in [-0.2, -0.15) is 0 Å². The van der Waals surface area contributed by atoms with Crippen LogP contribution in [0.5, 0.6) is 0 Å². The van der Waals surface area contributed by atoms with E-state index >= 15 is 0 Å². The lowest BCUT2D eigenvalue weighted by Crippen LogP contribution is -2.25. The number of carboxylic acid groups (broad SMARTS) is 1. The summed E-state index contributed by atoms with van der Waals surface area (Å²) in [5.74, 6) is -0.149. The van der Waals surface area contributed by atoms with E-state index in [2.05, 4.69) is 17.2 Å². The highest BCUT2D eigenvalue weighted by atomic mass is 16.4. The molecule has 17 heavy (non-hydrogen) atoms. The van der Waals surface area contributed by atoms with Crippen LogP contribution in [0.4, 0.5) is 5.69 Å². The third-order valence-electron chi connectivity index (χ3n) is 3.37. The summed E-state index contributed by atoms with van der Waals surface area (Å²) in [4.78, 5) is 14.6. The normalized spacial score (nSPS) is 24.3. The van der Waals surface area contributed by atoms with Crippen LogP contribution in [0.2, 0.25) is 0 Å². The van der Waals surface area contributed by atoms with Gasteiger partial charge in [-0.25, -0.2) is 9.78 Å². The second-order valence-electron chi connectivity index (χ2n) is 4.84. The lowest BCUT2D eigenvalue weighted by molar-refractivity contribution is 0.0690. The van der Waals surface area contributed by atoms with E-state index in [4.69, 9.17) is 5.11 Å². The van der Waals surface area contributed by atoms with E-state index in [9.17, 15) is 4.79 Å². The van der Waals surface area contributed by atoms with E-state index in [1.54, 1.807) is 12.3 Å². The number of hydrogen-bond donors (Lipinski definition) is 2. The van der Waals surface area contributed by atoms with Crippen molar-refractivity contribution in [2.75, 3.05) is 5.32 Å². The molecule has 2 N–H and O–H groups in total. The Morgan fingerprint density at radius 3 is 2.59 bits per heavy atom. The molecular formula is C13H18N2O2. The molecule has 0 saturated heterocycles. The molecule has 0 atom stereocenters. The van der Waals surface area contributed by atoms with Crippen LogP contribution in [0.15, 0.2) is 18.3 Å². The van der Waals surface area contributed by atoms with Gasteiger partial charge in [-0.15, -0.1) is 0 Å². The fraction of sp³-hybridized carbons (Fsp3) is 0.538. The Balaban J connectivity index is 1.92. The van der Waals surface area contributed by atoms with Crippen LogP contribution in [0.3, 0.4) is 0 Å². The van der Waals surface area contributed by atoms with Crippen LogP contribution in [-0.4, -0.2) is 22.1 Å². The molecule has 0 radical (unpaired) electrons. The maximum atomic E-state index is 10.7. The standard InChI is InChI=1S/C13H18N2O2/c1-9-2-4-10(5-3-9)15-11-6-7-12(13(16)17)14-8-11/h6-10,15H,2-5H2,1H3,(H,16,17). The second-order valence-corrected chi connectivity index (χ2v) is 4.84. The van der Waals surface area contributed by atoms with E-state index in [0.29, 0.717) is 6.04 Å². The number of hydrogen-bond acceptors (Lipinski definition) is 3. The van der Waals surface area contributed by atoms with Crippen LogP contribution in [0.25, 0.3) is 0 Å². The second kappa shape index (κ2) is 5.17. The Bertz CT molecular complexity index is 381. The average molecular weight is 234 g/mol. The highest BCUT2D eigenvalue weighted by Gasteiger charge is 2.17. The first-order valence-corrected chi connectivity index (χ1v) is 6.11. The van der Waals surface area contributed by atoms with E-state index in [1.807, 2.05) is 0 Å². The van der Waals surface area contributed by atoms with Gasteiger partial charge < -0.3 is 10.4 Å². The van der Waals surface area contributed by atoms with Crippen molar-refractivity contribution >= 4 is 11.7 Å². The maximum Gasteiger partial charge on any atom is 0.354 e. The minimum atomic E-state index is -0.983. The van der Waals surface area contributed by atoms with Crippen molar-refractivity contribution in [3.63, 3.8) is 0 Å². The summed E-state index contributed by atoms with van der Waals surface area (Å²) in [6.45, 7) is 2.29. The zero-order valence-electron chi connectivity index (χ0n) is 10.0. The summed E-state index contributed by atoms with van der Waals surface area (Å²) < 4.78 is 0. The SMILES string of the molecule is CC1CCC(Nc2ccc(C(=O)O)nc2)CC1. The Morgan fingerprint density at radius 1 is 1.35 bits per heavy atom. The average Bonchev–Trinajstić information content (AvgIpc) is 2.33. The molecule has 0 spiro atoms. The minimum absolute atomic E-state index is 0.0906. The largest absolute Gasteiger partial charge is 0.477 e. The number of anilines is 1. The van der Waals surface area contributed by atoms with Gasteiger partial charge in [0.2, 0.25) is 0 Å². The number of pyridine rings is 1. The molecule has 1 aliphatic rings. The highest BCUT2D eigenvalue weighted by molar-refractivity contribution is 5.85. The van der Waals surface area contributed by atoms with Crippen molar-refractivity contribution < 1.29 is 9.90 Å². The van der Waals surface area contributed by atoms with Crippen molar-refractivity contribution in [3.8, 4) is 0 Å². The van der Waals surface area contributed by atoms with Gasteiger partial charge in [-0.05, 0) is 43.7 Å². The van der Waals surface area contributed by atoms with Crippen LogP contribution in [0.1, 0.15) is 43.1 Å². The number of carbonyl (C=O) groups is 1. The molecule has 4 nitrogen and oxygen atoms in total. The van der Waals surface area contributed by atoms with Crippen LogP contribution < -0.4 is 5.32 Å². The summed E-state index contributed by atoms with van der Waals surface area (Å²) >= 11 is 0. The minimum Gasteiger partial charge on any atom is -0.477 e. The first-order chi connectivity index (χ1) is 8.15. The maximum absolute atomic E-state index is 10.7. The van der Waals surface area contributed by atoms with E-state index in [0.717, 1.165) is 11.6 Å². The van der Waals surface area contributed by atoms with Gasteiger partial charge in [-0.1, -0.05) is 6.92 Å². The zero-order chi connectivity index (χ0) is 12.3.